The van der Waals surface area contributed by atoms with E-state index in [9.17, 15) is 20.0 Å². The van der Waals surface area contributed by atoms with Gasteiger partial charge in [0.2, 0.25) is 17.7 Å². The monoisotopic (exact) mass is 677 g/mol. The second kappa shape index (κ2) is 12.4. The van der Waals surface area contributed by atoms with Crippen LogP contribution in [0, 0.1) is 28.6 Å². The molecule has 0 saturated carbocycles. The van der Waals surface area contributed by atoms with E-state index in [0.717, 1.165) is 22.4 Å². The number of nitrogens with one attached hydrogen (secondary N) is 3. The Balaban J connectivity index is 1.49. The van der Waals surface area contributed by atoms with Gasteiger partial charge < -0.3 is 34.9 Å². The van der Waals surface area contributed by atoms with Crippen molar-refractivity contribution in [1.82, 2.24) is 15.6 Å². The predicted octanol–water partition coefficient (Wildman–Crippen LogP) is 5.31. The molecule has 5 heterocycles. The van der Waals surface area contributed by atoms with Crippen molar-refractivity contribution in [2.75, 3.05) is 5.32 Å². The molecule has 4 bridgehead atoms. The first kappa shape index (κ1) is 33.4. The van der Waals surface area contributed by atoms with Gasteiger partial charge in [-0.1, -0.05) is 71.9 Å². The second-order valence-corrected chi connectivity index (χ2v) is 15.3. The molecule has 4 N–H and O–H groups in total. The van der Waals surface area contributed by atoms with Crippen molar-refractivity contribution < 1.29 is 28.6 Å². The van der Waals surface area contributed by atoms with E-state index in [2.05, 4.69) is 40.0 Å². The normalized spacial score (nSPS) is 26.0. The number of nitrogens with zero attached hydrogens (tertiary/aromatic N) is 2. The van der Waals surface area contributed by atoms with Gasteiger partial charge in [0.1, 0.15) is 47.2 Å². The lowest BCUT2D eigenvalue weighted by molar-refractivity contribution is -0.135. The third-order valence-corrected chi connectivity index (χ3v) is 10.1. The summed E-state index contributed by atoms with van der Waals surface area (Å²) in [6.45, 7) is 12.0. The number of hydrogen-bond acceptors (Lipinski definition) is 9. The number of benzene rings is 2. The summed E-state index contributed by atoms with van der Waals surface area (Å²) in [6, 6.07) is 14.3. The Kier molecular flexibility index (Phi) is 8.26. The van der Waals surface area contributed by atoms with Crippen molar-refractivity contribution in [1.29, 1.82) is 5.26 Å². The lowest BCUT2D eigenvalue weighted by atomic mass is 9.71. The molecule has 1 spiro atoms. The largest absolute Gasteiger partial charge is 0.469 e. The average Bonchev–Trinajstić information content (AvgIpc) is 3.71. The highest BCUT2D eigenvalue weighted by molar-refractivity contribution is 5.90. The van der Waals surface area contributed by atoms with Crippen LogP contribution in [0.25, 0.3) is 5.57 Å². The highest BCUT2D eigenvalue weighted by atomic mass is 16.5. The van der Waals surface area contributed by atoms with Crippen LogP contribution in [0.5, 0.6) is 5.75 Å². The van der Waals surface area contributed by atoms with Crippen molar-refractivity contribution in [3.63, 3.8) is 0 Å². The van der Waals surface area contributed by atoms with E-state index < -0.39 is 47.1 Å². The van der Waals surface area contributed by atoms with Crippen molar-refractivity contribution in [3.05, 3.63) is 94.6 Å². The molecular formula is C39H43N5O6. The maximum Gasteiger partial charge on any atom is 0.249 e. The molecule has 3 aromatic rings. The average molecular weight is 678 g/mol. The number of para-hydroxylation sites is 1. The number of anilines is 1. The van der Waals surface area contributed by atoms with Crippen LogP contribution < -0.4 is 20.7 Å². The number of fused-ring (bicyclic) bond motifs is 4. The maximum atomic E-state index is 14.3. The van der Waals surface area contributed by atoms with Crippen LogP contribution in [0.1, 0.15) is 82.7 Å². The summed E-state index contributed by atoms with van der Waals surface area (Å²) < 4.78 is 20.0. The minimum Gasteiger partial charge on any atom is -0.469 e. The standard InChI is InChI=1S/C39H43N5O6/c1-20(2)15-28(45)35(47)42-27-17-22-12-14-29-25(16-22)39(24-9-7-8-10-26(24)43-37(39)50-29)33-31(36-41-23(18-40)19-48-36)21(3)11-13-30(49-33)32(38(4,5)6)44-34(27)46/h7-10,12-14,16,19-21,27-28,32,37,43,45H,11,15,17H2,1-6H3,(H,42,47)(H,44,46). The first-order chi connectivity index (χ1) is 23.8. The van der Waals surface area contributed by atoms with E-state index in [0.29, 0.717) is 29.3 Å². The lowest BCUT2D eigenvalue weighted by Gasteiger charge is -2.38. The van der Waals surface area contributed by atoms with Gasteiger partial charge in [-0.25, -0.2) is 0 Å². The van der Waals surface area contributed by atoms with Gasteiger partial charge >= 0.3 is 0 Å². The summed E-state index contributed by atoms with van der Waals surface area (Å²) >= 11 is 0. The first-order valence-electron chi connectivity index (χ1n) is 17.2. The van der Waals surface area contributed by atoms with E-state index >= 15 is 0 Å². The molecule has 6 atom stereocenters. The minimum absolute atomic E-state index is 0.0895. The maximum absolute atomic E-state index is 14.3. The number of allylic oxidation sites excluding steroid dienone is 2. The molecule has 260 valence electrons. The molecule has 1 aromatic heterocycles. The minimum atomic E-state index is -1.25. The lowest BCUT2D eigenvalue weighted by Crippen LogP contribution is -2.56. The zero-order chi connectivity index (χ0) is 35.5. The first-order valence-corrected chi connectivity index (χ1v) is 17.2. The van der Waals surface area contributed by atoms with Gasteiger partial charge in [-0.2, -0.15) is 10.2 Å². The van der Waals surface area contributed by atoms with E-state index in [1.807, 2.05) is 77.1 Å². The number of carbonyl (C=O) groups is 2. The smallest absolute Gasteiger partial charge is 0.249 e. The fraction of sp³-hybridized carbons (Fsp3) is 0.436. The van der Waals surface area contributed by atoms with Crippen molar-refractivity contribution in [2.24, 2.45) is 17.3 Å². The fourth-order valence-electron chi connectivity index (χ4n) is 7.65. The Bertz CT molecular complexity index is 1960. The molecule has 50 heavy (non-hydrogen) atoms. The summed E-state index contributed by atoms with van der Waals surface area (Å²) in [7, 11) is 0. The van der Waals surface area contributed by atoms with Gasteiger partial charge in [-0.05, 0) is 59.4 Å². The number of carbonyl (C=O) groups excluding carboxylic acids is 2. The summed E-state index contributed by atoms with van der Waals surface area (Å²) in [4.78, 5) is 32.1. The molecule has 0 radical (unpaired) electrons. The second-order valence-electron chi connectivity index (χ2n) is 15.3. The highest BCUT2D eigenvalue weighted by Gasteiger charge is 2.61. The number of aliphatic hydroxyl groups excluding tert-OH is 1. The van der Waals surface area contributed by atoms with E-state index in [-0.39, 0.29) is 36.3 Å². The zero-order valence-electron chi connectivity index (χ0n) is 29.2. The Morgan fingerprint density at radius 2 is 1.96 bits per heavy atom. The zero-order valence-corrected chi connectivity index (χ0v) is 29.2. The van der Waals surface area contributed by atoms with Crippen LogP contribution in [0.15, 0.2) is 70.7 Å². The van der Waals surface area contributed by atoms with Crippen LogP contribution in [0.4, 0.5) is 5.69 Å². The number of aromatic nitrogens is 1. The summed E-state index contributed by atoms with van der Waals surface area (Å²) in [5, 5.41) is 30.1. The van der Waals surface area contributed by atoms with Crippen LogP contribution in [-0.4, -0.2) is 46.3 Å². The number of oxazole rings is 1. The van der Waals surface area contributed by atoms with Gasteiger partial charge in [0, 0.05) is 17.7 Å². The van der Waals surface area contributed by atoms with Crippen LogP contribution in [0.3, 0.4) is 0 Å². The molecule has 4 aliphatic rings. The molecule has 2 amide bonds. The number of rotatable bonds is 5. The molecule has 6 unspecified atom stereocenters. The Morgan fingerprint density at radius 1 is 1.18 bits per heavy atom. The Labute approximate surface area is 291 Å². The molecule has 11 nitrogen and oxygen atoms in total. The van der Waals surface area contributed by atoms with Crippen molar-refractivity contribution in [2.45, 2.75) is 90.6 Å². The van der Waals surface area contributed by atoms with Crippen LogP contribution in [0.2, 0.25) is 0 Å². The van der Waals surface area contributed by atoms with Gasteiger partial charge in [0.25, 0.3) is 0 Å². The van der Waals surface area contributed by atoms with Gasteiger partial charge in [0.15, 0.2) is 11.9 Å². The van der Waals surface area contributed by atoms with Gasteiger partial charge in [-0.15, -0.1) is 0 Å². The van der Waals surface area contributed by atoms with E-state index in [4.69, 9.17) is 13.9 Å². The van der Waals surface area contributed by atoms with E-state index in [1.165, 1.54) is 6.26 Å². The number of amides is 2. The fourth-order valence-corrected chi connectivity index (χ4v) is 7.65. The summed E-state index contributed by atoms with van der Waals surface area (Å²) in [5.41, 5.74) is 2.70. The molecule has 2 aromatic carbocycles. The Hall–Kier alpha value is -5.08. The number of ether oxygens (including phenoxy) is 2. The van der Waals surface area contributed by atoms with E-state index in [1.54, 1.807) is 0 Å². The molecule has 0 aliphatic carbocycles. The van der Waals surface area contributed by atoms with Gasteiger partial charge in [-0.3, -0.25) is 9.59 Å². The molecule has 4 aliphatic heterocycles. The molecule has 7 rings (SSSR count). The number of hydrogen-bond donors (Lipinski definition) is 4. The summed E-state index contributed by atoms with van der Waals surface area (Å²) in [6.07, 6.45) is 2.44. The highest BCUT2D eigenvalue weighted by Crippen LogP contribution is 2.60. The quantitative estimate of drug-likeness (QED) is 0.281. The molecule has 0 fully saturated rings. The SMILES string of the molecule is CC(C)CC(O)C(=O)NC1Cc2ccc3c(c2)C2(C4=C(c5nc(C#N)co5)C(C)CC=C(O4)C(C(C)(C)C)NC1=O)c1ccccc1NC2O3. The van der Waals surface area contributed by atoms with Gasteiger partial charge in [0.05, 0.1) is 11.6 Å². The predicted molar refractivity (Wildman–Crippen MR) is 185 cm³/mol. The molecular weight excluding hydrogens is 634 g/mol. The van der Waals surface area contributed by atoms with Crippen LogP contribution >= 0.6 is 0 Å². The number of nitriles is 1. The third-order valence-electron chi connectivity index (χ3n) is 10.1. The molecule has 11 heteroatoms. The third kappa shape index (κ3) is 5.52. The number of aliphatic hydroxyl groups is 1. The topological polar surface area (TPSA) is 159 Å². The van der Waals surface area contributed by atoms with Crippen molar-refractivity contribution in [3.8, 4) is 11.8 Å². The molecule has 0 saturated heterocycles. The Morgan fingerprint density at radius 3 is 2.68 bits per heavy atom. The van der Waals surface area contributed by atoms with Crippen molar-refractivity contribution >= 4 is 23.1 Å². The van der Waals surface area contributed by atoms with Crippen LogP contribution in [-0.2, 0) is 26.2 Å². The summed E-state index contributed by atoms with van der Waals surface area (Å²) in [5.74, 6) is 0.922.